The molecule has 2 nitrogen and oxygen atoms in total. The molecule has 0 saturated carbocycles. The molecule has 0 spiro atoms. The number of ether oxygens (including phenoxy) is 1. The molecule has 2 aromatic rings. The van der Waals surface area contributed by atoms with Crippen LogP contribution < -0.4 is 10.1 Å². The van der Waals surface area contributed by atoms with Crippen molar-refractivity contribution in [1.29, 1.82) is 0 Å². The summed E-state index contributed by atoms with van der Waals surface area (Å²) in [6.45, 7) is 2.58. The summed E-state index contributed by atoms with van der Waals surface area (Å²) in [6, 6.07) is 12.9. The van der Waals surface area contributed by atoms with Crippen molar-refractivity contribution >= 4 is 15.9 Å². The van der Waals surface area contributed by atoms with E-state index in [2.05, 4.69) is 21.2 Å². The van der Waals surface area contributed by atoms with Crippen LogP contribution in [0.1, 0.15) is 24.1 Å². The molecule has 0 radical (unpaired) electrons. The molecule has 1 atom stereocenters. The van der Waals surface area contributed by atoms with Crippen LogP contribution in [0.5, 0.6) is 5.75 Å². The lowest BCUT2D eigenvalue weighted by molar-refractivity contribution is 0.339. The molecular weight excluding hydrogens is 321 g/mol. The molecule has 4 heteroatoms. The molecule has 2 aromatic carbocycles. The van der Waals surface area contributed by atoms with E-state index in [4.69, 9.17) is 4.74 Å². The third kappa shape index (κ3) is 3.38. The van der Waals surface area contributed by atoms with Crippen molar-refractivity contribution in [3.05, 3.63) is 63.9 Å². The van der Waals surface area contributed by atoms with Gasteiger partial charge in [-0.3, -0.25) is 0 Å². The minimum absolute atomic E-state index is 0.0713. The SMILES string of the molecule is CCOc1cccc(C(NC)c2ccc(Br)c(F)c2)c1. The van der Waals surface area contributed by atoms with Crippen molar-refractivity contribution in [1.82, 2.24) is 5.32 Å². The fraction of sp³-hybridized carbons (Fsp3) is 0.250. The molecule has 0 aliphatic rings. The summed E-state index contributed by atoms with van der Waals surface area (Å²) in [5.74, 6) is 0.562. The summed E-state index contributed by atoms with van der Waals surface area (Å²) in [5.41, 5.74) is 1.92. The Morgan fingerprint density at radius 3 is 2.60 bits per heavy atom. The standard InChI is InChI=1S/C16H17BrFNO/c1-3-20-13-6-4-5-11(9-13)16(19-2)12-7-8-14(17)15(18)10-12/h4-10,16,19H,3H2,1-2H3. The predicted octanol–water partition coefficient (Wildman–Crippen LogP) is 4.30. The number of nitrogens with one attached hydrogen (secondary N) is 1. The molecule has 0 bridgehead atoms. The Bertz CT molecular complexity index is 588. The van der Waals surface area contributed by atoms with Gasteiger partial charge in [-0.05, 0) is 65.3 Å². The second-order valence-corrected chi connectivity index (χ2v) is 5.26. The number of benzene rings is 2. The van der Waals surface area contributed by atoms with Crippen molar-refractivity contribution < 1.29 is 9.13 Å². The van der Waals surface area contributed by atoms with E-state index in [1.165, 1.54) is 0 Å². The van der Waals surface area contributed by atoms with Gasteiger partial charge in [-0.1, -0.05) is 18.2 Å². The molecule has 0 fully saturated rings. The van der Waals surface area contributed by atoms with Gasteiger partial charge in [0.25, 0.3) is 0 Å². The molecule has 2 rings (SSSR count). The zero-order valence-electron chi connectivity index (χ0n) is 11.5. The van der Waals surface area contributed by atoms with Gasteiger partial charge in [0.1, 0.15) is 11.6 Å². The number of rotatable bonds is 5. The fourth-order valence-electron chi connectivity index (χ4n) is 2.17. The molecule has 106 valence electrons. The molecule has 0 heterocycles. The van der Waals surface area contributed by atoms with Crippen molar-refractivity contribution in [2.45, 2.75) is 13.0 Å². The summed E-state index contributed by atoms with van der Waals surface area (Å²) in [6.07, 6.45) is 0. The lowest BCUT2D eigenvalue weighted by atomic mass is 9.98. The first kappa shape index (κ1) is 15.0. The van der Waals surface area contributed by atoms with Gasteiger partial charge in [0.05, 0.1) is 17.1 Å². The maximum atomic E-state index is 13.7. The minimum atomic E-state index is -0.260. The fourth-order valence-corrected chi connectivity index (χ4v) is 2.41. The van der Waals surface area contributed by atoms with Crippen LogP contribution in [0.3, 0.4) is 0 Å². The van der Waals surface area contributed by atoms with Crippen LogP contribution in [0, 0.1) is 5.82 Å². The van der Waals surface area contributed by atoms with Crippen molar-refractivity contribution in [3.8, 4) is 5.75 Å². The average Bonchev–Trinajstić information content (AvgIpc) is 2.44. The highest BCUT2D eigenvalue weighted by Gasteiger charge is 2.14. The van der Waals surface area contributed by atoms with E-state index in [-0.39, 0.29) is 11.9 Å². The predicted molar refractivity (Wildman–Crippen MR) is 82.6 cm³/mol. The molecule has 0 saturated heterocycles. The lowest BCUT2D eigenvalue weighted by Gasteiger charge is -2.18. The van der Waals surface area contributed by atoms with E-state index in [0.717, 1.165) is 16.9 Å². The molecule has 1 N–H and O–H groups in total. The van der Waals surface area contributed by atoms with E-state index in [9.17, 15) is 4.39 Å². The summed E-state index contributed by atoms with van der Waals surface area (Å²) < 4.78 is 19.7. The molecule has 20 heavy (non-hydrogen) atoms. The summed E-state index contributed by atoms with van der Waals surface area (Å²) >= 11 is 3.17. The molecular formula is C16H17BrFNO. The third-order valence-electron chi connectivity index (χ3n) is 3.07. The second-order valence-electron chi connectivity index (χ2n) is 4.40. The van der Waals surface area contributed by atoms with Gasteiger partial charge in [0, 0.05) is 0 Å². The quantitative estimate of drug-likeness (QED) is 0.878. The normalized spacial score (nSPS) is 12.2. The summed E-state index contributed by atoms with van der Waals surface area (Å²) in [4.78, 5) is 0. The Hall–Kier alpha value is -1.39. The van der Waals surface area contributed by atoms with Crippen LogP contribution in [0.2, 0.25) is 0 Å². The first-order valence-electron chi connectivity index (χ1n) is 6.50. The molecule has 1 unspecified atom stereocenters. The van der Waals surface area contributed by atoms with Gasteiger partial charge in [-0.25, -0.2) is 4.39 Å². The molecule has 0 aliphatic heterocycles. The van der Waals surface area contributed by atoms with Gasteiger partial charge in [0.15, 0.2) is 0 Å². The molecule has 0 aromatic heterocycles. The van der Waals surface area contributed by atoms with Gasteiger partial charge in [0.2, 0.25) is 0 Å². The van der Waals surface area contributed by atoms with E-state index in [0.29, 0.717) is 11.1 Å². The zero-order chi connectivity index (χ0) is 14.5. The third-order valence-corrected chi connectivity index (χ3v) is 3.71. The van der Waals surface area contributed by atoms with Gasteiger partial charge in [-0.15, -0.1) is 0 Å². The van der Waals surface area contributed by atoms with Gasteiger partial charge in [-0.2, -0.15) is 0 Å². The highest BCUT2D eigenvalue weighted by molar-refractivity contribution is 9.10. The largest absolute Gasteiger partial charge is 0.494 e. The Balaban J connectivity index is 2.36. The van der Waals surface area contributed by atoms with E-state index in [1.807, 2.05) is 44.3 Å². The maximum absolute atomic E-state index is 13.7. The topological polar surface area (TPSA) is 21.3 Å². The highest BCUT2D eigenvalue weighted by atomic mass is 79.9. The van der Waals surface area contributed by atoms with Crippen LogP contribution in [-0.2, 0) is 0 Å². The monoisotopic (exact) mass is 337 g/mol. The Labute approximate surface area is 127 Å². The Kier molecular flexibility index (Phi) is 5.15. The summed E-state index contributed by atoms with van der Waals surface area (Å²) in [7, 11) is 1.86. The van der Waals surface area contributed by atoms with Crippen molar-refractivity contribution in [2.75, 3.05) is 13.7 Å². The average molecular weight is 338 g/mol. The minimum Gasteiger partial charge on any atom is -0.494 e. The first-order valence-corrected chi connectivity index (χ1v) is 7.30. The molecule has 0 amide bonds. The maximum Gasteiger partial charge on any atom is 0.137 e. The lowest BCUT2D eigenvalue weighted by Crippen LogP contribution is -2.17. The van der Waals surface area contributed by atoms with Crippen LogP contribution in [0.4, 0.5) is 4.39 Å². The first-order chi connectivity index (χ1) is 9.65. The zero-order valence-corrected chi connectivity index (χ0v) is 13.1. The van der Waals surface area contributed by atoms with Crippen LogP contribution in [0.25, 0.3) is 0 Å². The number of halogens is 2. The second kappa shape index (κ2) is 6.86. The van der Waals surface area contributed by atoms with Crippen LogP contribution in [-0.4, -0.2) is 13.7 Å². The molecule has 0 aliphatic carbocycles. The van der Waals surface area contributed by atoms with Crippen LogP contribution >= 0.6 is 15.9 Å². The van der Waals surface area contributed by atoms with Gasteiger partial charge < -0.3 is 10.1 Å². The highest BCUT2D eigenvalue weighted by Crippen LogP contribution is 2.27. The van der Waals surface area contributed by atoms with E-state index < -0.39 is 0 Å². The Morgan fingerprint density at radius 2 is 1.95 bits per heavy atom. The van der Waals surface area contributed by atoms with Crippen molar-refractivity contribution in [2.24, 2.45) is 0 Å². The van der Waals surface area contributed by atoms with E-state index >= 15 is 0 Å². The number of hydrogen-bond donors (Lipinski definition) is 1. The summed E-state index contributed by atoms with van der Waals surface area (Å²) in [5, 5.41) is 3.21. The van der Waals surface area contributed by atoms with Crippen molar-refractivity contribution in [3.63, 3.8) is 0 Å². The smallest absolute Gasteiger partial charge is 0.137 e. The van der Waals surface area contributed by atoms with Crippen LogP contribution in [0.15, 0.2) is 46.9 Å². The van der Waals surface area contributed by atoms with Gasteiger partial charge >= 0.3 is 0 Å². The van der Waals surface area contributed by atoms with E-state index in [1.54, 1.807) is 12.1 Å². The Morgan fingerprint density at radius 1 is 1.20 bits per heavy atom. The number of hydrogen-bond acceptors (Lipinski definition) is 2.